The summed E-state index contributed by atoms with van der Waals surface area (Å²) in [6.45, 7) is 12.4. The third-order valence-corrected chi connectivity index (χ3v) is 3.87. The number of likely N-dealkylation sites (N-methyl/N-ethyl adjacent to an activating group) is 1. The molecular formula is C20H40N4O6. The van der Waals surface area contributed by atoms with Gasteiger partial charge in [-0.05, 0) is 47.0 Å². The van der Waals surface area contributed by atoms with Gasteiger partial charge in [0.05, 0.1) is 13.2 Å². The molecule has 3 N–H and O–H groups in total. The lowest BCUT2D eigenvalue weighted by Crippen LogP contribution is -2.52. The second-order valence-corrected chi connectivity index (χ2v) is 7.80. The second kappa shape index (κ2) is 15.7. The number of alkyl carbamates (subject to hydrolysis) is 1. The third-order valence-electron chi connectivity index (χ3n) is 3.87. The number of carbonyl (C=O) groups excluding carboxylic acids is 3. The lowest BCUT2D eigenvalue weighted by atomic mass is 10.1. The van der Waals surface area contributed by atoms with Crippen LogP contribution in [0.1, 0.15) is 73.6 Å². The molecule has 30 heavy (non-hydrogen) atoms. The van der Waals surface area contributed by atoms with Crippen molar-refractivity contribution in [1.82, 2.24) is 21.2 Å². The zero-order valence-electron chi connectivity index (χ0n) is 19.3. The molecule has 10 heteroatoms. The second-order valence-electron chi connectivity index (χ2n) is 7.80. The topological polar surface area (TPSA) is 118 Å². The SMILES string of the molecule is CCCCONC(=O)N(CC)[C@@H](CCC)C(=O)NOCCCNC(=O)OC(C)(C)C. The van der Waals surface area contributed by atoms with Crippen LogP contribution in [0.2, 0.25) is 0 Å². The molecule has 0 unspecified atom stereocenters. The van der Waals surface area contributed by atoms with Gasteiger partial charge in [0.25, 0.3) is 5.91 Å². The van der Waals surface area contributed by atoms with Gasteiger partial charge in [0, 0.05) is 13.1 Å². The summed E-state index contributed by atoms with van der Waals surface area (Å²) in [7, 11) is 0. The zero-order chi connectivity index (χ0) is 23.0. The standard InChI is InChI=1S/C20H40N4O6/c1-7-10-14-29-23-18(26)24(9-3)16(12-8-2)17(25)22-28-15-11-13-21-19(27)30-20(4,5)6/h16H,7-15H2,1-6H3,(H,21,27)(H,22,25)(H,23,26)/t16-/m0/s1. The zero-order valence-corrected chi connectivity index (χ0v) is 19.3. The molecule has 4 amide bonds. The Morgan fingerprint density at radius 1 is 0.933 bits per heavy atom. The van der Waals surface area contributed by atoms with Gasteiger partial charge in [-0.25, -0.2) is 20.5 Å². The van der Waals surface area contributed by atoms with Crippen LogP contribution >= 0.6 is 0 Å². The minimum absolute atomic E-state index is 0.207. The van der Waals surface area contributed by atoms with Crippen molar-refractivity contribution in [2.45, 2.75) is 85.3 Å². The number of hydrogen-bond acceptors (Lipinski definition) is 6. The predicted octanol–water partition coefficient (Wildman–Crippen LogP) is 2.88. The van der Waals surface area contributed by atoms with Gasteiger partial charge in [0.1, 0.15) is 11.6 Å². The summed E-state index contributed by atoms with van der Waals surface area (Å²) in [5, 5.41) is 2.61. The van der Waals surface area contributed by atoms with Crippen LogP contribution in [0.15, 0.2) is 0 Å². The van der Waals surface area contributed by atoms with E-state index in [2.05, 4.69) is 16.3 Å². The number of nitrogens with zero attached hydrogens (tertiary/aromatic N) is 1. The molecule has 0 aliphatic carbocycles. The largest absolute Gasteiger partial charge is 0.444 e. The molecule has 1 atom stereocenters. The van der Waals surface area contributed by atoms with Crippen LogP contribution in [-0.2, 0) is 19.2 Å². The number of hydrogen-bond donors (Lipinski definition) is 3. The molecule has 10 nitrogen and oxygen atoms in total. The molecular weight excluding hydrogens is 392 g/mol. The molecule has 0 saturated heterocycles. The minimum atomic E-state index is -0.672. The Hall–Kier alpha value is -2.07. The van der Waals surface area contributed by atoms with Gasteiger partial charge < -0.3 is 15.0 Å². The maximum atomic E-state index is 12.5. The first kappa shape index (κ1) is 27.9. The van der Waals surface area contributed by atoms with Crippen molar-refractivity contribution in [3.8, 4) is 0 Å². The Balaban J connectivity index is 4.36. The molecule has 0 radical (unpaired) electrons. The van der Waals surface area contributed by atoms with E-state index in [1.54, 1.807) is 27.7 Å². The van der Waals surface area contributed by atoms with Gasteiger partial charge in [0.15, 0.2) is 0 Å². The summed E-state index contributed by atoms with van der Waals surface area (Å²) in [4.78, 5) is 48.2. The Morgan fingerprint density at radius 3 is 2.13 bits per heavy atom. The van der Waals surface area contributed by atoms with Crippen molar-refractivity contribution < 1.29 is 28.8 Å². The molecule has 0 rings (SSSR count). The lowest BCUT2D eigenvalue weighted by Gasteiger charge is -2.29. The number of ether oxygens (including phenoxy) is 1. The summed E-state index contributed by atoms with van der Waals surface area (Å²) < 4.78 is 5.13. The predicted molar refractivity (Wildman–Crippen MR) is 113 cm³/mol. The molecule has 176 valence electrons. The fraction of sp³-hybridized carbons (Fsp3) is 0.850. The molecule has 0 bridgehead atoms. The number of urea groups is 1. The van der Waals surface area contributed by atoms with Crippen molar-refractivity contribution >= 4 is 18.0 Å². The maximum Gasteiger partial charge on any atom is 0.407 e. The molecule has 0 heterocycles. The number of carbonyl (C=O) groups is 3. The summed E-state index contributed by atoms with van der Waals surface area (Å²) in [5.74, 6) is -0.400. The van der Waals surface area contributed by atoms with E-state index in [0.717, 1.165) is 19.3 Å². The van der Waals surface area contributed by atoms with E-state index in [0.29, 0.717) is 32.5 Å². The number of nitrogens with one attached hydrogen (secondary N) is 3. The lowest BCUT2D eigenvalue weighted by molar-refractivity contribution is -0.138. The maximum absolute atomic E-state index is 12.5. The van der Waals surface area contributed by atoms with Crippen LogP contribution in [0.5, 0.6) is 0 Å². The highest BCUT2D eigenvalue weighted by molar-refractivity contribution is 5.86. The molecule has 0 aromatic heterocycles. The van der Waals surface area contributed by atoms with E-state index >= 15 is 0 Å². The Kier molecular flexibility index (Phi) is 14.6. The van der Waals surface area contributed by atoms with E-state index in [1.165, 1.54) is 4.90 Å². The highest BCUT2D eigenvalue weighted by Crippen LogP contribution is 2.09. The summed E-state index contributed by atoms with van der Waals surface area (Å²) in [6, 6.07) is -1.13. The van der Waals surface area contributed by atoms with E-state index in [4.69, 9.17) is 14.4 Å². The smallest absolute Gasteiger partial charge is 0.407 e. The molecule has 0 spiro atoms. The molecule has 0 aliphatic rings. The van der Waals surface area contributed by atoms with Crippen molar-refractivity contribution in [2.75, 3.05) is 26.3 Å². The van der Waals surface area contributed by atoms with Crippen LogP contribution in [-0.4, -0.2) is 60.9 Å². The Morgan fingerprint density at radius 2 is 1.57 bits per heavy atom. The van der Waals surface area contributed by atoms with E-state index < -0.39 is 29.7 Å². The van der Waals surface area contributed by atoms with Gasteiger partial charge in [-0.3, -0.25) is 14.5 Å². The normalized spacial score (nSPS) is 12.1. The highest BCUT2D eigenvalue weighted by atomic mass is 16.7. The quantitative estimate of drug-likeness (QED) is 0.287. The molecule has 0 aromatic carbocycles. The Bertz CT molecular complexity index is 510. The molecule has 0 fully saturated rings. The third kappa shape index (κ3) is 13.2. The van der Waals surface area contributed by atoms with Crippen LogP contribution in [0.4, 0.5) is 9.59 Å². The van der Waals surface area contributed by atoms with Gasteiger partial charge in [0.2, 0.25) is 0 Å². The van der Waals surface area contributed by atoms with Crippen molar-refractivity contribution in [2.24, 2.45) is 0 Å². The van der Waals surface area contributed by atoms with Gasteiger partial charge >= 0.3 is 12.1 Å². The van der Waals surface area contributed by atoms with Crippen molar-refractivity contribution in [3.63, 3.8) is 0 Å². The van der Waals surface area contributed by atoms with Crippen LogP contribution in [0.25, 0.3) is 0 Å². The molecule has 0 aliphatic heterocycles. The monoisotopic (exact) mass is 432 g/mol. The van der Waals surface area contributed by atoms with E-state index in [1.807, 2.05) is 13.8 Å². The molecule has 0 aromatic rings. The van der Waals surface area contributed by atoms with Crippen molar-refractivity contribution in [1.29, 1.82) is 0 Å². The fourth-order valence-electron chi connectivity index (χ4n) is 2.43. The number of hydroxylamine groups is 2. The summed E-state index contributed by atoms with van der Waals surface area (Å²) >= 11 is 0. The van der Waals surface area contributed by atoms with Gasteiger partial charge in [-0.2, -0.15) is 0 Å². The van der Waals surface area contributed by atoms with Crippen molar-refractivity contribution in [3.05, 3.63) is 0 Å². The van der Waals surface area contributed by atoms with E-state index in [-0.39, 0.29) is 6.61 Å². The van der Waals surface area contributed by atoms with Gasteiger partial charge in [-0.1, -0.05) is 26.7 Å². The van der Waals surface area contributed by atoms with E-state index in [9.17, 15) is 14.4 Å². The average Bonchev–Trinajstić information content (AvgIpc) is 2.66. The highest BCUT2D eigenvalue weighted by Gasteiger charge is 2.28. The number of rotatable bonds is 14. The number of amides is 4. The van der Waals surface area contributed by atoms with Crippen LogP contribution in [0, 0.1) is 0 Å². The first-order chi connectivity index (χ1) is 14.2. The van der Waals surface area contributed by atoms with Crippen LogP contribution in [0.3, 0.4) is 0 Å². The Labute approximate surface area is 180 Å². The first-order valence-corrected chi connectivity index (χ1v) is 10.7. The van der Waals surface area contributed by atoms with Crippen LogP contribution < -0.4 is 16.3 Å². The number of unbranched alkanes of at least 4 members (excludes halogenated alkanes) is 1. The summed E-state index contributed by atoms with van der Waals surface area (Å²) in [5.41, 5.74) is 4.23. The fourth-order valence-corrected chi connectivity index (χ4v) is 2.43. The molecule has 0 saturated carbocycles. The average molecular weight is 433 g/mol. The first-order valence-electron chi connectivity index (χ1n) is 10.7. The summed E-state index contributed by atoms with van der Waals surface area (Å²) in [6.07, 6.45) is 2.99. The van der Waals surface area contributed by atoms with Gasteiger partial charge in [-0.15, -0.1) is 0 Å². The minimum Gasteiger partial charge on any atom is -0.444 e.